The van der Waals surface area contributed by atoms with Gasteiger partial charge in [-0.2, -0.15) is 0 Å². The molecule has 2 unspecified atom stereocenters. The number of rotatable bonds is 5. The first-order valence-electron chi connectivity index (χ1n) is 7.41. The molecule has 2 aliphatic heterocycles. The summed E-state index contributed by atoms with van der Waals surface area (Å²) in [6, 6.07) is -0.276. The Kier molecular flexibility index (Phi) is 5.79. The molecule has 6 nitrogen and oxygen atoms in total. The number of carbonyl (C=O) groups excluding carboxylic acids is 2. The molecule has 2 heterocycles. The number of carbonyl (C=O) groups is 2. The summed E-state index contributed by atoms with van der Waals surface area (Å²) in [5.74, 6) is -0.284. The lowest BCUT2D eigenvalue weighted by molar-refractivity contribution is -0.148. The molecule has 2 aliphatic rings. The molecular weight excluding hydrogens is 260 g/mol. The molecule has 2 fully saturated rings. The van der Waals surface area contributed by atoms with Crippen molar-refractivity contribution in [3.63, 3.8) is 0 Å². The fourth-order valence-electron chi connectivity index (χ4n) is 2.86. The van der Waals surface area contributed by atoms with Crippen molar-refractivity contribution in [1.82, 2.24) is 10.2 Å². The molecule has 1 amide bonds. The fraction of sp³-hybridized carbons (Fsp3) is 0.857. The van der Waals surface area contributed by atoms with Crippen molar-refractivity contribution >= 4 is 11.9 Å². The summed E-state index contributed by atoms with van der Waals surface area (Å²) in [6.45, 7) is 2.38. The first kappa shape index (κ1) is 15.3. The van der Waals surface area contributed by atoms with Crippen LogP contribution in [0.25, 0.3) is 0 Å². The average molecular weight is 284 g/mol. The van der Waals surface area contributed by atoms with Crippen LogP contribution >= 0.6 is 0 Å². The van der Waals surface area contributed by atoms with Gasteiger partial charge in [-0.25, -0.2) is 0 Å². The van der Waals surface area contributed by atoms with Crippen molar-refractivity contribution in [2.75, 3.05) is 33.4 Å². The number of ether oxygens (including phenoxy) is 2. The van der Waals surface area contributed by atoms with Crippen LogP contribution < -0.4 is 5.32 Å². The highest BCUT2D eigenvalue weighted by atomic mass is 16.5. The second kappa shape index (κ2) is 7.59. The van der Waals surface area contributed by atoms with E-state index in [0.717, 1.165) is 45.3 Å². The first-order valence-corrected chi connectivity index (χ1v) is 7.41. The molecule has 2 atom stereocenters. The molecule has 0 radical (unpaired) electrons. The van der Waals surface area contributed by atoms with Crippen LogP contribution in [0.3, 0.4) is 0 Å². The van der Waals surface area contributed by atoms with Crippen molar-refractivity contribution < 1.29 is 19.1 Å². The van der Waals surface area contributed by atoms with Crippen molar-refractivity contribution in [3.05, 3.63) is 0 Å². The number of piperidine rings is 1. The molecule has 0 aliphatic carbocycles. The summed E-state index contributed by atoms with van der Waals surface area (Å²) < 4.78 is 10.3. The molecule has 0 aromatic rings. The topological polar surface area (TPSA) is 67.9 Å². The zero-order valence-electron chi connectivity index (χ0n) is 12.1. The van der Waals surface area contributed by atoms with E-state index in [4.69, 9.17) is 9.47 Å². The van der Waals surface area contributed by atoms with E-state index in [0.29, 0.717) is 6.54 Å². The average Bonchev–Trinajstić information content (AvgIpc) is 2.98. The molecule has 0 aromatic heterocycles. The molecule has 114 valence electrons. The van der Waals surface area contributed by atoms with Crippen LogP contribution in [-0.2, 0) is 19.1 Å². The van der Waals surface area contributed by atoms with E-state index in [-0.39, 0.29) is 30.6 Å². The van der Waals surface area contributed by atoms with Crippen molar-refractivity contribution in [1.29, 1.82) is 0 Å². The summed E-state index contributed by atoms with van der Waals surface area (Å²) in [5, 5.41) is 2.89. The predicted octanol–water partition coefficient (Wildman–Crippen LogP) is 0.309. The van der Waals surface area contributed by atoms with Gasteiger partial charge in [0.25, 0.3) is 0 Å². The molecule has 6 heteroatoms. The molecule has 1 N–H and O–H groups in total. The number of nitrogens with one attached hydrogen (secondary N) is 1. The molecule has 2 rings (SSSR count). The third-order valence-corrected chi connectivity index (χ3v) is 3.98. The van der Waals surface area contributed by atoms with Gasteiger partial charge < -0.3 is 14.8 Å². The van der Waals surface area contributed by atoms with Crippen LogP contribution in [0.2, 0.25) is 0 Å². The molecule has 0 aromatic carbocycles. The van der Waals surface area contributed by atoms with Gasteiger partial charge in [-0.1, -0.05) is 6.42 Å². The predicted molar refractivity (Wildman–Crippen MR) is 73.2 cm³/mol. The minimum absolute atomic E-state index is 0.0451. The van der Waals surface area contributed by atoms with E-state index in [1.165, 1.54) is 7.11 Å². The maximum Gasteiger partial charge on any atom is 0.323 e. The van der Waals surface area contributed by atoms with Gasteiger partial charge in [-0.15, -0.1) is 0 Å². The molecule has 2 saturated heterocycles. The smallest absolute Gasteiger partial charge is 0.323 e. The first-order chi connectivity index (χ1) is 9.70. The number of esters is 1. The third kappa shape index (κ3) is 4.18. The monoisotopic (exact) mass is 284 g/mol. The Morgan fingerprint density at radius 2 is 2.15 bits per heavy atom. The third-order valence-electron chi connectivity index (χ3n) is 3.98. The largest absolute Gasteiger partial charge is 0.468 e. The highest BCUT2D eigenvalue weighted by molar-refractivity contribution is 5.80. The second-order valence-corrected chi connectivity index (χ2v) is 5.44. The summed E-state index contributed by atoms with van der Waals surface area (Å²) in [4.78, 5) is 25.6. The van der Waals surface area contributed by atoms with Gasteiger partial charge in [0.1, 0.15) is 6.04 Å². The van der Waals surface area contributed by atoms with Gasteiger partial charge in [-0.3, -0.25) is 14.5 Å². The van der Waals surface area contributed by atoms with E-state index in [9.17, 15) is 9.59 Å². The molecule has 0 spiro atoms. The number of nitrogens with zero attached hydrogens (tertiary/aromatic N) is 1. The van der Waals surface area contributed by atoms with Crippen molar-refractivity contribution in [3.8, 4) is 0 Å². The lowest BCUT2D eigenvalue weighted by Gasteiger charge is -2.33. The Hall–Kier alpha value is -1.14. The normalized spacial score (nSPS) is 27.2. The summed E-state index contributed by atoms with van der Waals surface area (Å²) >= 11 is 0. The van der Waals surface area contributed by atoms with Crippen molar-refractivity contribution in [2.45, 2.75) is 44.2 Å². The summed E-state index contributed by atoms with van der Waals surface area (Å²) in [6.07, 6.45) is 5.02. The van der Waals surface area contributed by atoms with Gasteiger partial charge in [0.05, 0.1) is 19.8 Å². The minimum Gasteiger partial charge on any atom is -0.468 e. The Labute approximate surface area is 119 Å². The Morgan fingerprint density at radius 1 is 1.30 bits per heavy atom. The lowest BCUT2D eigenvalue weighted by Crippen LogP contribution is -2.50. The van der Waals surface area contributed by atoms with Gasteiger partial charge >= 0.3 is 5.97 Å². The Morgan fingerprint density at radius 3 is 2.85 bits per heavy atom. The lowest BCUT2D eigenvalue weighted by atomic mass is 10.0. The van der Waals surface area contributed by atoms with E-state index in [2.05, 4.69) is 5.32 Å². The Bertz CT molecular complexity index is 342. The summed E-state index contributed by atoms with van der Waals surface area (Å²) in [7, 11) is 1.40. The number of likely N-dealkylation sites (tertiary alicyclic amines) is 1. The van der Waals surface area contributed by atoms with E-state index < -0.39 is 0 Å². The number of hydrogen-bond donors (Lipinski definition) is 1. The SMILES string of the molecule is COC(=O)C1CCCCN1CC(=O)NCC1CCCO1. The molecule has 0 bridgehead atoms. The Balaban J connectivity index is 1.77. The van der Waals surface area contributed by atoms with E-state index >= 15 is 0 Å². The van der Waals surface area contributed by atoms with Crippen molar-refractivity contribution in [2.24, 2.45) is 0 Å². The van der Waals surface area contributed by atoms with Crippen LogP contribution in [0.1, 0.15) is 32.1 Å². The van der Waals surface area contributed by atoms with Crippen LogP contribution in [-0.4, -0.2) is 62.3 Å². The van der Waals surface area contributed by atoms with Crippen LogP contribution in [0.4, 0.5) is 0 Å². The zero-order valence-corrected chi connectivity index (χ0v) is 12.1. The second-order valence-electron chi connectivity index (χ2n) is 5.44. The zero-order chi connectivity index (χ0) is 14.4. The molecular formula is C14H24N2O4. The van der Waals surface area contributed by atoms with Crippen LogP contribution in [0, 0.1) is 0 Å². The number of hydrogen-bond acceptors (Lipinski definition) is 5. The standard InChI is InChI=1S/C14H24N2O4/c1-19-14(18)12-6-2-3-7-16(12)10-13(17)15-9-11-5-4-8-20-11/h11-12H,2-10H2,1H3,(H,15,17). The van der Waals surface area contributed by atoms with Crippen LogP contribution in [0.15, 0.2) is 0 Å². The number of amides is 1. The maximum absolute atomic E-state index is 12.0. The molecule has 20 heavy (non-hydrogen) atoms. The number of methoxy groups -OCH3 is 1. The van der Waals surface area contributed by atoms with Gasteiger partial charge in [-0.05, 0) is 32.2 Å². The highest BCUT2D eigenvalue weighted by Gasteiger charge is 2.30. The van der Waals surface area contributed by atoms with E-state index in [1.807, 2.05) is 4.90 Å². The van der Waals surface area contributed by atoms with Crippen LogP contribution in [0.5, 0.6) is 0 Å². The maximum atomic E-state index is 12.0. The van der Waals surface area contributed by atoms with Gasteiger partial charge in [0.15, 0.2) is 0 Å². The summed E-state index contributed by atoms with van der Waals surface area (Å²) in [5.41, 5.74) is 0. The van der Waals surface area contributed by atoms with Gasteiger partial charge in [0.2, 0.25) is 5.91 Å². The highest BCUT2D eigenvalue weighted by Crippen LogP contribution is 2.17. The quantitative estimate of drug-likeness (QED) is 0.736. The van der Waals surface area contributed by atoms with E-state index in [1.54, 1.807) is 0 Å². The fourth-order valence-corrected chi connectivity index (χ4v) is 2.86. The minimum atomic E-state index is -0.276. The van der Waals surface area contributed by atoms with Gasteiger partial charge in [0, 0.05) is 13.2 Å². The molecule has 0 saturated carbocycles.